The molecule has 4 nitrogen and oxygen atoms in total. The Labute approximate surface area is 133 Å². The van der Waals surface area contributed by atoms with Gasteiger partial charge in [-0.3, -0.25) is 4.79 Å². The Morgan fingerprint density at radius 2 is 1.55 bits per heavy atom. The van der Waals surface area contributed by atoms with Crippen LogP contribution in [-0.4, -0.2) is 43.2 Å². The van der Waals surface area contributed by atoms with Gasteiger partial charge in [0.1, 0.15) is 0 Å². The predicted octanol–water partition coefficient (Wildman–Crippen LogP) is 2.01. The number of carbonyl (C=O) groups excluding carboxylic acids is 1. The molecule has 22 heavy (non-hydrogen) atoms. The lowest BCUT2D eigenvalue weighted by molar-refractivity contribution is -0.128. The summed E-state index contributed by atoms with van der Waals surface area (Å²) in [4.78, 5) is 13.2. The summed E-state index contributed by atoms with van der Waals surface area (Å²) in [5, 5.41) is 0. The Hall–Kier alpha value is -1.33. The van der Waals surface area contributed by atoms with Crippen molar-refractivity contribution in [2.75, 3.05) is 14.1 Å². The largest absolute Gasteiger partial charge is 0.494 e. The van der Waals surface area contributed by atoms with Gasteiger partial charge in [-0.05, 0) is 45.1 Å². The topological polar surface area (TPSA) is 38.8 Å². The molecule has 1 saturated heterocycles. The van der Waals surface area contributed by atoms with Crippen LogP contribution in [0.4, 0.5) is 0 Å². The van der Waals surface area contributed by atoms with Crippen LogP contribution in [0.25, 0.3) is 0 Å². The van der Waals surface area contributed by atoms with Gasteiger partial charge in [-0.1, -0.05) is 24.3 Å². The molecule has 1 aromatic rings. The number of rotatable bonds is 4. The van der Waals surface area contributed by atoms with Crippen LogP contribution in [0.1, 0.15) is 39.7 Å². The van der Waals surface area contributed by atoms with Crippen LogP contribution in [-0.2, 0) is 20.5 Å². The van der Waals surface area contributed by atoms with E-state index in [9.17, 15) is 4.79 Å². The fourth-order valence-electron chi connectivity index (χ4n) is 2.30. The van der Waals surface area contributed by atoms with E-state index in [4.69, 9.17) is 9.31 Å². The molecule has 1 aromatic carbocycles. The number of hydrogen-bond acceptors (Lipinski definition) is 3. The van der Waals surface area contributed by atoms with Crippen molar-refractivity contribution in [3.05, 3.63) is 29.8 Å². The van der Waals surface area contributed by atoms with E-state index in [1.165, 1.54) is 0 Å². The van der Waals surface area contributed by atoms with Crippen LogP contribution in [0.15, 0.2) is 24.3 Å². The molecule has 0 bridgehead atoms. The van der Waals surface area contributed by atoms with Crippen LogP contribution >= 0.6 is 0 Å². The van der Waals surface area contributed by atoms with Crippen molar-refractivity contribution in [3.63, 3.8) is 0 Å². The van der Waals surface area contributed by atoms with Gasteiger partial charge < -0.3 is 14.2 Å². The highest BCUT2D eigenvalue weighted by Gasteiger charge is 2.51. The summed E-state index contributed by atoms with van der Waals surface area (Å²) in [7, 11) is 3.23. The van der Waals surface area contributed by atoms with E-state index < -0.39 is 0 Å². The highest BCUT2D eigenvalue weighted by molar-refractivity contribution is 6.62. The molecule has 0 spiro atoms. The first-order chi connectivity index (χ1) is 10.1. The summed E-state index contributed by atoms with van der Waals surface area (Å²) >= 11 is 0. The van der Waals surface area contributed by atoms with Gasteiger partial charge in [0.2, 0.25) is 5.91 Å². The monoisotopic (exact) mass is 303 g/mol. The zero-order valence-electron chi connectivity index (χ0n) is 14.5. The molecule has 2 rings (SSSR count). The smallest absolute Gasteiger partial charge is 0.399 e. The van der Waals surface area contributed by atoms with Crippen molar-refractivity contribution in [1.82, 2.24) is 4.90 Å². The van der Waals surface area contributed by atoms with Gasteiger partial charge in [0, 0.05) is 20.5 Å². The van der Waals surface area contributed by atoms with Crippen LogP contribution in [0.5, 0.6) is 0 Å². The number of benzene rings is 1. The maximum Gasteiger partial charge on any atom is 0.494 e. The first-order valence-corrected chi connectivity index (χ1v) is 7.77. The fraction of sp³-hybridized carbons (Fsp3) is 0.588. The third kappa shape index (κ3) is 3.53. The van der Waals surface area contributed by atoms with Gasteiger partial charge in [-0.2, -0.15) is 0 Å². The molecule has 0 N–H and O–H groups in total. The molecule has 1 aliphatic heterocycles. The summed E-state index contributed by atoms with van der Waals surface area (Å²) in [6.07, 6.45) is 1.28. The minimum Gasteiger partial charge on any atom is -0.399 e. The minimum absolute atomic E-state index is 0.148. The molecule has 0 atom stereocenters. The molecular weight excluding hydrogens is 277 g/mol. The predicted molar refractivity (Wildman–Crippen MR) is 89.2 cm³/mol. The Balaban J connectivity index is 2.00. The summed E-state index contributed by atoms with van der Waals surface area (Å²) in [6.45, 7) is 8.20. The SMILES string of the molecule is CN(C)C(=O)CCc1ccc(B2OC(C)(C)C(C)(C)O2)cc1. The molecular formula is C17H26BNO3. The van der Waals surface area contributed by atoms with Crippen molar-refractivity contribution in [2.24, 2.45) is 0 Å². The van der Waals surface area contributed by atoms with Gasteiger partial charge in [0.05, 0.1) is 11.2 Å². The maximum atomic E-state index is 11.6. The summed E-state index contributed by atoms with van der Waals surface area (Å²) < 4.78 is 12.1. The number of carbonyl (C=O) groups is 1. The van der Waals surface area contributed by atoms with E-state index in [1.807, 2.05) is 52.0 Å². The molecule has 0 aliphatic carbocycles. The van der Waals surface area contributed by atoms with Crippen molar-refractivity contribution in [2.45, 2.75) is 51.7 Å². The number of hydrogen-bond donors (Lipinski definition) is 0. The molecule has 0 radical (unpaired) electrons. The second kappa shape index (κ2) is 6.05. The van der Waals surface area contributed by atoms with E-state index in [0.717, 1.165) is 17.4 Å². The number of aryl methyl sites for hydroxylation is 1. The molecule has 1 fully saturated rings. The Kier molecular flexibility index (Phi) is 4.69. The van der Waals surface area contributed by atoms with Crippen molar-refractivity contribution >= 4 is 18.5 Å². The van der Waals surface area contributed by atoms with E-state index >= 15 is 0 Å². The first-order valence-electron chi connectivity index (χ1n) is 7.77. The highest BCUT2D eigenvalue weighted by atomic mass is 16.7. The zero-order chi connectivity index (χ0) is 16.5. The summed E-state index contributed by atoms with van der Waals surface area (Å²) in [5.74, 6) is 0.148. The van der Waals surface area contributed by atoms with Gasteiger partial charge in [0.25, 0.3) is 0 Å². The van der Waals surface area contributed by atoms with Crippen LogP contribution in [0.2, 0.25) is 0 Å². The van der Waals surface area contributed by atoms with E-state index in [2.05, 4.69) is 0 Å². The van der Waals surface area contributed by atoms with Crippen LogP contribution < -0.4 is 5.46 Å². The molecule has 1 amide bonds. The van der Waals surface area contributed by atoms with Crippen LogP contribution in [0, 0.1) is 0 Å². The average molecular weight is 303 g/mol. The second-order valence-electron chi connectivity index (χ2n) is 7.12. The third-order valence-corrected chi connectivity index (χ3v) is 4.63. The lowest BCUT2D eigenvalue weighted by Gasteiger charge is -2.32. The van der Waals surface area contributed by atoms with Crippen LogP contribution in [0.3, 0.4) is 0 Å². The second-order valence-corrected chi connectivity index (χ2v) is 7.12. The zero-order valence-corrected chi connectivity index (χ0v) is 14.5. The van der Waals surface area contributed by atoms with Gasteiger partial charge in [-0.15, -0.1) is 0 Å². The molecule has 0 aromatic heterocycles. The number of amides is 1. The molecule has 1 heterocycles. The van der Waals surface area contributed by atoms with Gasteiger partial charge in [-0.25, -0.2) is 0 Å². The van der Waals surface area contributed by atoms with E-state index in [1.54, 1.807) is 19.0 Å². The summed E-state index contributed by atoms with van der Waals surface area (Å²) in [5.41, 5.74) is 1.51. The maximum absolute atomic E-state index is 11.6. The third-order valence-electron chi connectivity index (χ3n) is 4.63. The molecule has 1 aliphatic rings. The lowest BCUT2D eigenvalue weighted by atomic mass is 9.78. The quantitative estimate of drug-likeness (QED) is 0.799. The Morgan fingerprint density at radius 3 is 2.00 bits per heavy atom. The molecule has 0 unspecified atom stereocenters. The van der Waals surface area contributed by atoms with E-state index in [-0.39, 0.29) is 24.2 Å². The number of nitrogens with zero attached hydrogens (tertiary/aromatic N) is 1. The molecule has 0 saturated carbocycles. The molecule has 120 valence electrons. The van der Waals surface area contributed by atoms with Crippen molar-refractivity contribution in [1.29, 1.82) is 0 Å². The normalized spacial score (nSPS) is 19.3. The average Bonchev–Trinajstić information content (AvgIpc) is 2.65. The van der Waals surface area contributed by atoms with Gasteiger partial charge >= 0.3 is 7.12 Å². The van der Waals surface area contributed by atoms with Crippen molar-refractivity contribution in [3.8, 4) is 0 Å². The Bertz CT molecular complexity index is 521. The lowest BCUT2D eigenvalue weighted by Crippen LogP contribution is -2.41. The van der Waals surface area contributed by atoms with Gasteiger partial charge in [0.15, 0.2) is 0 Å². The Morgan fingerprint density at radius 1 is 1.05 bits per heavy atom. The summed E-state index contributed by atoms with van der Waals surface area (Å²) in [6, 6.07) is 8.14. The van der Waals surface area contributed by atoms with E-state index in [0.29, 0.717) is 6.42 Å². The van der Waals surface area contributed by atoms with Crippen molar-refractivity contribution < 1.29 is 14.1 Å². The molecule has 5 heteroatoms. The fourth-order valence-corrected chi connectivity index (χ4v) is 2.30. The standard InChI is InChI=1S/C17H26BNO3/c1-16(2)17(3,4)22-18(21-16)14-10-7-13(8-11-14)9-12-15(20)19(5)6/h7-8,10-11H,9,12H2,1-6H3. The minimum atomic E-state index is -0.331. The first kappa shape index (κ1) is 17.0. The highest BCUT2D eigenvalue weighted by Crippen LogP contribution is 2.36.